The Balaban J connectivity index is 2.10. The van der Waals surface area contributed by atoms with Gasteiger partial charge in [0.05, 0.1) is 20.6 Å². The molecule has 0 saturated carbocycles. The molecule has 1 aliphatic heterocycles. The van der Waals surface area contributed by atoms with Gasteiger partial charge in [-0.2, -0.15) is 0 Å². The van der Waals surface area contributed by atoms with Gasteiger partial charge in [0.2, 0.25) is 0 Å². The largest absolute Gasteiger partial charge is 0.497 e. The van der Waals surface area contributed by atoms with Crippen molar-refractivity contribution in [2.75, 3.05) is 14.2 Å². The van der Waals surface area contributed by atoms with Crippen LogP contribution in [0.3, 0.4) is 0 Å². The highest BCUT2D eigenvalue weighted by atomic mass is 16.6. The highest BCUT2D eigenvalue weighted by Gasteiger charge is 2.64. The normalized spacial score (nSPS) is 24.8. The molecule has 0 spiro atoms. The van der Waals surface area contributed by atoms with Gasteiger partial charge in [-0.3, -0.25) is 9.59 Å². The number of carbonyl (C=O) groups excluding carboxylic acids is 2. The molecule has 1 fully saturated rings. The van der Waals surface area contributed by atoms with E-state index >= 15 is 0 Å². The summed E-state index contributed by atoms with van der Waals surface area (Å²) in [6.45, 7) is 1.79. The van der Waals surface area contributed by atoms with Gasteiger partial charge in [0, 0.05) is 0 Å². The number of cyclic esters (lactones) is 1. The maximum atomic E-state index is 12.9. The summed E-state index contributed by atoms with van der Waals surface area (Å²) in [4.78, 5) is 25.2. The second-order valence-corrected chi connectivity index (χ2v) is 6.65. The molecule has 1 heterocycles. The van der Waals surface area contributed by atoms with Crippen LogP contribution in [-0.2, 0) is 31.1 Å². The molecule has 5 nitrogen and oxygen atoms in total. The van der Waals surface area contributed by atoms with Gasteiger partial charge in [-0.1, -0.05) is 42.5 Å². The minimum Gasteiger partial charge on any atom is -0.497 e. The van der Waals surface area contributed by atoms with Crippen LogP contribution in [-0.4, -0.2) is 26.2 Å². The Labute approximate surface area is 152 Å². The Morgan fingerprint density at radius 2 is 1.73 bits per heavy atom. The van der Waals surface area contributed by atoms with Gasteiger partial charge >= 0.3 is 11.9 Å². The molecule has 1 aliphatic rings. The summed E-state index contributed by atoms with van der Waals surface area (Å²) < 4.78 is 16.0. The highest BCUT2D eigenvalue weighted by molar-refractivity contribution is 5.89. The number of rotatable bonds is 5. The van der Waals surface area contributed by atoms with Gasteiger partial charge in [-0.25, -0.2) is 0 Å². The lowest BCUT2D eigenvalue weighted by Crippen LogP contribution is -2.48. The van der Waals surface area contributed by atoms with Crippen molar-refractivity contribution in [1.82, 2.24) is 0 Å². The summed E-state index contributed by atoms with van der Waals surface area (Å²) >= 11 is 0. The highest BCUT2D eigenvalue weighted by Crippen LogP contribution is 2.53. The molecule has 0 bridgehead atoms. The number of hydrogen-bond acceptors (Lipinski definition) is 5. The fourth-order valence-corrected chi connectivity index (χ4v) is 3.73. The van der Waals surface area contributed by atoms with Crippen LogP contribution in [0, 0.1) is 5.41 Å². The Morgan fingerprint density at radius 3 is 2.31 bits per heavy atom. The zero-order valence-electron chi connectivity index (χ0n) is 15.2. The van der Waals surface area contributed by atoms with Crippen molar-refractivity contribution in [2.24, 2.45) is 5.41 Å². The van der Waals surface area contributed by atoms with Gasteiger partial charge in [0.25, 0.3) is 0 Å². The molecule has 3 rings (SSSR count). The first kappa shape index (κ1) is 18.0. The van der Waals surface area contributed by atoms with Crippen molar-refractivity contribution in [1.29, 1.82) is 0 Å². The number of methoxy groups -OCH3 is 2. The first-order valence-electron chi connectivity index (χ1n) is 8.44. The SMILES string of the molecule is COC(=O)[C@@]1(Cc2ccc(OC)cc2)CC(=O)O[C@]1(C)c1ccccc1. The van der Waals surface area contributed by atoms with Crippen LogP contribution in [0.5, 0.6) is 5.75 Å². The molecule has 0 radical (unpaired) electrons. The lowest BCUT2D eigenvalue weighted by atomic mass is 9.65. The van der Waals surface area contributed by atoms with Crippen molar-refractivity contribution in [3.8, 4) is 5.75 Å². The van der Waals surface area contributed by atoms with E-state index in [1.54, 1.807) is 14.0 Å². The molecular formula is C21H22O5. The van der Waals surface area contributed by atoms with Crippen LogP contribution in [0.15, 0.2) is 54.6 Å². The van der Waals surface area contributed by atoms with Gasteiger partial charge < -0.3 is 14.2 Å². The molecule has 0 aliphatic carbocycles. The van der Waals surface area contributed by atoms with E-state index in [0.29, 0.717) is 6.42 Å². The van der Waals surface area contributed by atoms with Crippen molar-refractivity contribution in [3.05, 3.63) is 65.7 Å². The average molecular weight is 354 g/mol. The Hall–Kier alpha value is -2.82. The smallest absolute Gasteiger partial charge is 0.317 e. The van der Waals surface area contributed by atoms with E-state index in [1.165, 1.54) is 7.11 Å². The molecule has 0 amide bonds. The number of carbonyl (C=O) groups is 2. The Morgan fingerprint density at radius 1 is 1.08 bits per heavy atom. The molecule has 0 unspecified atom stereocenters. The molecular weight excluding hydrogens is 332 g/mol. The van der Waals surface area contributed by atoms with E-state index < -0.39 is 23.0 Å². The Kier molecular flexibility index (Phi) is 4.72. The van der Waals surface area contributed by atoms with Crippen LogP contribution >= 0.6 is 0 Å². The van der Waals surface area contributed by atoms with Crippen molar-refractivity contribution in [2.45, 2.75) is 25.4 Å². The van der Waals surface area contributed by atoms with E-state index in [4.69, 9.17) is 14.2 Å². The van der Waals surface area contributed by atoms with E-state index in [0.717, 1.165) is 16.9 Å². The van der Waals surface area contributed by atoms with Gasteiger partial charge in [-0.05, 0) is 36.6 Å². The van der Waals surface area contributed by atoms with Crippen LogP contribution in [0.25, 0.3) is 0 Å². The maximum absolute atomic E-state index is 12.9. The Bertz CT molecular complexity index is 799. The zero-order chi connectivity index (χ0) is 18.8. The quantitative estimate of drug-likeness (QED) is 0.771. The first-order chi connectivity index (χ1) is 12.4. The first-order valence-corrected chi connectivity index (χ1v) is 8.44. The van der Waals surface area contributed by atoms with Crippen LogP contribution in [0.2, 0.25) is 0 Å². The number of ether oxygens (including phenoxy) is 3. The minimum atomic E-state index is -1.14. The van der Waals surface area contributed by atoms with Gasteiger partial charge in [0.15, 0.2) is 5.60 Å². The fourth-order valence-electron chi connectivity index (χ4n) is 3.73. The van der Waals surface area contributed by atoms with Crippen molar-refractivity contribution < 1.29 is 23.8 Å². The third kappa shape index (κ3) is 2.83. The van der Waals surface area contributed by atoms with E-state index in [-0.39, 0.29) is 6.42 Å². The fraction of sp³-hybridized carbons (Fsp3) is 0.333. The second kappa shape index (κ2) is 6.83. The molecule has 0 N–H and O–H groups in total. The molecule has 2 atom stereocenters. The predicted octanol–water partition coefficient (Wildman–Crippen LogP) is 3.26. The van der Waals surface area contributed by atoms with Crippen LogP contribution < -0.4 is 4.74 Å². The summed E-state index contributed by atoms with van der Waals surface area (Å²) in [5.74, 6) is -0.133. The molecule has 0 aromatic heterocycles. The summed E-state index contributed by atoms with van der Waals surface area (Å²) in [7, 11) is 2.94. The average Bonchev–Trinajstić information content (AvgIpc) is 2.94. The molecule has 2 aromatic carbocycles. The maximum Gasteiger partial charge on any atom is 0.317 e. The van der Waals surface area contributed by atoms with Gasteiger partial charge in [0.1, 0.15) is 11.2 Å². The molecule has 1 saturated heterocycles. The lowest BCUT2D eigenvalue weighted by molar-refractivity contribution is -0.167. The molecule has 2 aromatic rings. The second-order valence-electron chi connectivity index (χ2n) is 6.65. The summed E-state index contributed by atoms with van der Waals surface area (Å²) in [6.07, 6.45) is 0.290. The van der Waals surface area contributed by atoms with Crippen molar-refractivity contribution >= 4 is 11.9 Å². The molecule has 26 heavy (non-hydrogen) atoms. The third-order valence-electron chi connectivity index (χ3n) is 5.24. The number of benzene rings is 2. The van der Waals surface area contributed by atoms with Gasteiger partial charge in [-0.15, -0.1) is 0 Å². The van der Waals surface area contributed by atoms with E-state index in [2.05, 4.69) is 0 Å². The summed E-state index contributed by atoms with van der Waals surface area (Å²) in [5, 5.41) is 0. The number of hydrogen-bond donors (Lipinski definition) is 0. The number of esters is 2. The van der Waals surface area contributed by atoms with Crippen molar-refractivity contribution in [3.63, 3.8) is 0 Å². The van der Waals surface area contributed by atoms with Crippen LogP contribution in [0.1, 0.15) is 24.5 Å². The zero-order valence-corrected chi connectivity index (χ0v) is 15.2. The summed E-state index contributed by atoms with van der Waals surface area (Å²) in [6, 6.07) is 16.8. The minimum absolute atomic E-state index is 0.0307. The topological polar surface area (TPSA) is 61.8 Å². The third-order valence-corrected chi connectivity index (χ3v) is 5.24. The van der Waals surface area contributed by atoms with Crippen LogP contribution in [0.4, 0.5) is 0 Å². The molecule has 5 heteroatoms. The predicted molar refractivity (Wildman–Crippen MR) is 95.7 cm³/mol. The standard InChI is InChI=1S/C21H22O5/c1-20(16-7-5-4-6-8-16)21(19(23)25-3,14-18(22)26-20)13-15-9-11-17(24-2)12-10-15/h4-12H,13-14H2,1-3H3/t20-,21-/m1/s1. The molecule has 136 valence electrons. The lowest BCUT2D eigenvalue weighted by Gasteiger charge is -2.39. The monoisotopic (exact) mass is 354 g/mol. The summed E-state index contributed by atoms with van der Waals surface area (Å²) in [5.41, 5.74) is -0.589. The van der Waals surface area contributed by atoms with E-state index in [9.17, 15) is 9.59 Å². The van der Waals surface area contributed by atoms with E-state index in [1.807, 2.05) is 54.6 Å².